The van der Waals surface area contributed by atoms with Gasteiger partial charge in [-0.1, -0.05) is 113 Å². The van der Waals surface area contributed by atoms with Crippen molar-refractivity contribution >= 4 is 25.1 Å². The van der Waals surface area contributed by atoms with Crippen molar-refractivity contribution in [3.05, 3.63) is 11.6 Å². The predicted octanol–water partition coefficient (Wildman–Crippen LogP) is 8.45. The maximum Gasteiger partial charge on any atom is 0.145 e. The third kappa shape index (κ3) is 47.4. The fourth-order valence-corrected chi connectivity index (χ4v) is 3.44. The number of aliphatic hydroxyl groups is 2. The van der Waals surface area contributed by atoms with E-state index in [4.69, 9.17) is 5.11 Å². The van der Waals surface area contributed by atoms with E-state index in [0.29, 0.717) is 24.9 Å². The first kappa shape index (κ1) is 53.8. The van der Waals surface area contributed by atoms with Gasteiger partial charge in [-0.2, -0.15) is 0 Å². The predicted molar refractivity (Wildman–Crippen MR) is 184 cm³/mol. The zero-order chi connectivity index (χ0) is 33.4. The summed E-state index contributed by atoms with van der Waals surface area (Å²) in [6.45, 7) is 18.9. The molecular formula is C36H74O7. The fourth-order valence-electron chi connectivity index (χ4n) is 3.44. The number of hydrogen-bond acceptors (Lipinski definition) is 6. The molecule has 4 atom stereocenters. The Morgan fingerprint density at radius 2 is 1.21 bits per heavy atom. The maximum atomic E-state index is 10.3. The van der Waals surface area contributed by atoms with Crippen LogP contribution < -0.4 is 0 Å². The third-order valence-electron chi connectivity index (χ3n) is 6.83. The van der Waals surface area contributed by atoms with Crippen LogP contribution >= 0.6 is 0 Å². The number of hydrogen-bond donors (Lipinski definition) is 2. The third-order valence-corrected chi connectivity index (χ3v) is 6.83. The Labute approximate surface area is 267 Å². The Kier molecular flexibility index (Phi) is 62.5. The normalized spacial score (nSPS) is 12.7. The molecule has 0 saturated heterocycles. The Bertz CT molecular complexity index is 560. The molecule has 0 saturated carbocycles. The van der Waals surface area contributed by atoms with Gasteiger partial charge in [-0.3, -0.25) is 4.79 Å². The summed E-state index contributed by atoms with van der Waals surface area (Å²) in [6.07, 6.45) is 21.8. The average Bonchev–Trinajstić information content (AvgIpc) is 3.01. The van der Waals surface area contributed by atoms with Gasteiger partial charge in [-0.05, 0) is 62.9 Å². The van der Waals surface area contributed by atoms with Crippen LogP contribution in [0, 0.1) is 17.8 Å². The van der Waals surface area contributed by atoms with Crippen molar-refractivity contribution in [1.29, 1.82) is 0 Å². The summed E-state index contributed by atoms with van der Waals surface area (Å²) >= 11 is 0. The minimum atomic E-state index is -0.424. The van der Waals surface area contributed by atoms with Gasteiger partial charge in [0, 0.05) is 24.9 Å². The average molecular weight is 619 g/mol. The molecule has 0 radical (unpaired) electrons. The van der Waals surface area contributed by atoms with Crippen LogP contribution in [0.4, 0.5) is 0 Å². The highest BCUT2D eigenvalue weighted by Crippen LogP contribution is 2.11. The molecule has 0 spiro atoms. The van der Waals surface area contributed by atoms with Gasteiger partial charge in [0.15, 0.2) is 0 Å². The lowest BCUT2D eigenvalue weighted by Gasteiger charge is -2.13. The van der Waals surface area contributed by atoms with E-state index in [0.717, 1.165) is 94.9 Å². The van der Waals surface area contributed by atoms with Crippen LogP contribution in [0.1, 0.15) is 165 Å². The Morgan fingerprint density at radius 3 is 1.49 bits per heavy atom. The van der Waals surface area contributed by atoms with E-state index in [9.17, 15) is 24.3 Å². The quantitative estimate of drug-likeness (QED) is 0.0976. The van der Waals surface area contributed by atoms with Gasteiger partial charge < -0.3 is 30.1 Å². The molecule has 0 heterocycles. The van der Waals surface area contributed by atoms with E-state index < -0.39 is 6.10 Å². The number of carbonyl (C=O) groups excluding carboxylic acids is 4. The topological polar surface area (TPSA) is 140 Å². The van der Waals surface area contributed by atoms with Crippen molar-refractivity contribution < 1.29 is 34.9 Å². The van der Waals surface area contributed by atoms with Crippen LogP contribution in [0.25, 0.3) is 0 Å². The van der Waals surface area contributed by atoms with Crippen LogP contribution in [0.2, 0.25) is 0 Å². The molecule has 0 fully saturated rings. The van der Waals surface area contributed by atoms with E-state index in [1.807, 2.05) is 33.8 Å². The van der Waals surface area contributed by atoms with E-state index in [1.165, 1.54) is 32.1 Å². The summed E-state index contributed by atoms with van der Waals surface area (Å²) < 4.78 is 0. The van der Waals surface area contributed by atoms with Crippen molar-refractivity contribution in [2.75, 3.05) is 6.61 Å². The Morgan fingerprint density at radius 1 is 0.651 bits per heavy atom. The molecule has 4 unspecified atom stereocenters. The van der Waals surface area contributed by atoms with Crippen molar-refractivity contribution in [3.8, 4) is 0 Å². The summed E-state index contributed by atoms with van der Waals surface area (Å²) in [4.78, 5) is 40.1. The first-order valence-corrected chi connectivity index (χ1v) is 17.0. The maximum absolute atomic E-state index is 10.3. The summed E-state index contributed by atoms with van der Waals surface area (Å²) in [5.41, 5.74) is 0.928. The van der Waals surface area contributed by atoms with Gasteiger partial charge in [0.1, 0.15) is 25.1 Å². The molecular weight excluding hydrogens is 544 g/mol. The minimum absolute atomic E-state index is 0. The van der Waals surface area contributed by atoms with Crippen LogP contribution in [-0.2, 0) is 19.2 Å². The molecule has 260 valence electrons. The van der Waals surface area contributed by atoms with Gasteiger partial charge in [0.25, 0.3) is 0 Å². The molecule has 0 rings (SSSR count). The second kappa shape index (κ2) is 50.0. The summed E-state index contributed by atoms with van der Waals surface area (Å²) in [7, 11) is 0. The van der Waals surface area contributed by atoms with Crippen molar-refractivity contribution in [2.24, 2.45) is 17.8 Å². The van der Waals surface area contributed by atoms with Crippen molar-refractivity contribution in [2.45, 2.75) is 171 Å². The number of unbranched alkanes of at least 4 members (excludes halogenated alkanes) is 4. The number of carbonyl (C=O) groups is 4. The van der Waals surface area contributed by atoms with E-state index in [1.54, 1.807) is 0 Å². The van der Waals surface area contributed by atoms with E-state index in [-0.39, 0.29) is 11.4 Å². The molecule has 0 amide bonds. The van der Waals surface area contributed by atoms with Gasteiger partial charge >= 0.3 is 0 Å². The summed E-state index contributed by atoms with van der Waals surface area (Å²) in [5.74, 6) is 0.731. The highest BCUT2D eigenvalue weighted by atomic mass is 16.3. The second-order valence-electron chi connectivity index (χ2n) is 10.6. The molecule has 0 bridgehead atoms. The van der Waals surface area contributed by atoms with E-state index >= 15 is 0 Å². The first-order valence-electron chi connectivity index (χ1n) is 17.0. The number of aldehydes is 4. The SMILES string of the molecule is CCC/C=C(/C=O)CC.CCCC(O)C(C=O)CC.CCCC=O.CCCCC(C=O)CC.CCCCC(CC)CO.O. The monoisotopic (exact) mass is 619 g/mol. The summed E-state index contributed by atoms with van der Waals surface area (Å²) in [6, 6.07) is 0. The molecule has 0 aromatic rings. The highest BCUT2D eigenvalue weighted by molar-refractivity contribution is 5.72. The molecule has 43 heavy (non-hydrogen) atoms. The second-order valence-corrected chi connectivity index (χ2v) is 10.6. The van der Waals surface area contributed by atoms with Crippen LogP contribution in [0.3, 0.4) is 0 Å². The number of allylic oxidation sites excluding steroid dienone is 2. The Hall–Kier alpha value is -1.70. The molecule has 0 aliphatic rings. The van der Waals surface area contributed by atoms with E-state index in [2.05, 4.69) is 34.6 Å². The zero-order valence-electron chi connectivity index (χ0n) is 29.7. The first-order chi connectivity index (χ1) is 20.2. The van der Waals surface area contributed by atoms with Crippen molar-refractivity contribution in [1.82, 2.24) is 0 Å². The fraction of sp³-hybridized carbons (Fsp3) is 0.833. The summed E-state index contributed by atoms with van der Waals surface area (Å²) in [5, 5.41) is 18.0. The van der Waals surface area contributed by atoms with Crippen LogP contribution in [0.15, 0.2) is 11.6 Å². The molecule has 0 aliphatic heterocycles. The minimum Gasteiger partial charge on any atom is -0.412 e. The lowest BCUT2D eigenvalue weighted by molar-refractivity contribution is -0.114. The number of aliphatic hydroxyl groups excluding tert-OH is 2. The van der Waals surface area contributed by atoms with Crippen LogP contribution in [-0.4, -0.2) is 53.5 Å². The molecule has 7 nitrogen and oxygen atoms in total. The van der Waals surface area contributed by atoms with Gasteiger partial charge in [0.05, 0.1) is 6.10 Å². The highest BCUT2D eigenvalue weighted by Gasteiger charge is 2.14. The molecule has 0 aromatic heterocycles. The number of rotatable bonds is 21. The molecule has 4 N–H and O–H groups in total. The lowest BCUT2D eigenvalue weighted by atomic mass is 9.98. The standard InChI is InChI=1S/C8H16O2.C8H18O.C8H16O.C8H14O.C4H8O.H2O/c1-3-5-8(10)7(4-2)6-9;3*1-3-5-6-8(4-2)7-9;1-2-3-4-5;/h6-8,10H,3-5H2,1-2H3;8-9H,3-7H2,1-2H3;7-8H,3-6H2,1-2H3;6-7H,3-5H2,1-2H3;4H,2-3H2,1H3;1H2/b;;;8-6+;;. The molecule has 0 aliphatic carbocycles. The lowest BCUT2D eigenvalue weighted by Crippen LogP contribution is -2.20. The van der Waals surface area contributed by atoms with Gasteiger partial charge in [-0.15, -0.1) is 0 Å². The van der Waals surface area contributed by atoms with Gasteiger partial charge in [0.2, 0.25) is 0 Å². The zero-order valence-corrected chi connectivity index (χ0v) is 29.7. The van der Waals surface area contributed by atoms with Crippen molar-refractivity contribution in [3.63, 3.8) is 0 Å². The Balaban J connectivity index is -0.000000100. The largest absolute Gasteiger partial charge is 0.412 e. The van der Waals surface area contributed by atoms with Crippen LogP contribution in [0.5, 0.6) is 0 Å². The molecule has 7 heteroatoms. The molecule has 0 aromatic carbocycles. The van der Waals surface area contributed by atoms with Gasteiger partial charge in [-0.25, -0.2) is 0 Å². The smallest absolute Gasteiger partial charge is 0.145 e.